The van der Waals surface area contributed by atoms with E-state index in [1.807, 2.05) is 0 Å². The average Bonchev–Trinajstić information content (AvgIpc) is 3.00. The Balaban J connectivity index is 1.94. The SMILES string of the molecule is Oc1ccc(O)c(-c2nc(C3CCCO3)no2)c1. The molecular formula is C12H12N2O4. The van der Waals surface area contributed by atoms with Gasteiger partial charge in [-0.1, -0.05) is 5.16 Å². The molecule has 0 spiro atoms. The van der Waals surface area contributed by atoms with Crippen molar-refractivity contribution in [1.82, 2.24) is 10.1 Å². The quantitative estimate of drug-likeness (QED) is 0.790. The first-order chi connectivity index (χ1) is 8.74. The van der Waals surface area contributed by atoms with E-state index in [0.29, 0.717) is 18.0 Å². The Morgan fingerprint density at radius 3 is 2.94 bits per heavy atom. The van der Waals surface area contributed by atoms with Gasteiger partial charge in [-0.2, -0.15) is 4.98 Å². The number of phenolic OH excluding ortho intramolecular Hbond substituents is 2. The molecule has 0 bridgehead atoms. The second kappa shape index (κ2) is 4.30. The number of hydrogen-bond donors (Lipinski definition) is 2. The zero-order chi connectivity index (χ0) is 12.5. The van der Waals surface area contributed by atoms with E-state index in [1.54, 1.807) is 0 Å². The molecule has 1 fully saturated rings. The van der Waals surface area contributed by atoms with E-state index in [2.05, 4.69) is 10.1 Å². The van der Waals surface area contributed by atoms with E-state index in [1.165, 1.54) is 18.2 Å². The van der Waals surface area contributed by atoms with Crippen molar-refractivity contribution in [2.75, 3.05) is 6.61 Å². The summed E-state index contributed by atoms with van der Waals surface area (Å²) in [4.78, 5) is 4.19. The highest BCUT2D eigenvalue weighted by molar-refractivity contribution is 5.64. The zero-order valence-corrected chi connectivity index (χ0v) is 9.54. The van der Waals surface area contributed by atoms with E-state index < -0.39 is 0 Å². The predicted molar refractivity (Wildman–Crippen MR) is 61.0 cm³/mol. The van der Waals surface area contributed by atoms with Crippen molar-refractivity contribution in [2.45, 2.75) is 18.9 Å². The molecule has 0 radical (unpaired) electrons. The molecule has 3 rings (SSSR count). The first-order valence-electron chi connectivity index (χ1n) is 5.71. The van der Waals surface area contributed by atoms with Crippen LogP contribution < -0.4 is 0 Å². The van der Waals surface area contributed by atoms with Crippen LogP contribution in [-0.2, 0) is 4.74 Å². The topological polar surface area (TPSA) is 88.6 Å². The van der Waals surface area contributed by atoms with Gasteiger partial charge in [0.1, 0.15) is 17.6 Å². The second-order valence-corrected chi connectivity index (χ2v) is 4.16. The molecule has 1 saturated heterocycles. The van der Waals surface area contributed by atoms with Gasteiger partial charge in [-0.15, -0.1) is 0 Å². The number of ether oxygens (including phenoxy) is 1. The molecule has 94 valence electrons. The van der Waals surface area contributed by atoms with Gasteiger partial charge in [0.15, 0.2) is 0 Å². The Kier molecular flexibility index (Phi) is 2.64. The molecule has 1 aromatic carbocycles. The number of aromatic nitrogens is 2. The number of aromatic hydroxyl groups is 2. The minimum absolute atomic E-state index is 0.0182. The largest absolute Gasteiger partial charge is 0.508 e. The third-order valence-electron chi connectivity index (χ3n) is 2.87. The Labute approximate surface area is 103 Å². The standard InChI is InChI=1S/C12H12N2O4/c15-7-3-4-9(16)8(6-7)12-13-11(14-18-12)10-2-1-5-17-10/h3-4,6,10,15-16H,1-2,5H2. The number of benzene rings is 1. The Morgan fingerprint density at radius 2 is 2.17 bits per heavy atom. The maximum atomic E-state index is 9.69. The lowest BCUT2D eigenvalue weighted by molar-refractivity contribution is 0.103. The summed E-state index contributed by atoms with van der Waals surface area (Å²) in [5.74, 6) is 0.661. The molecule has 1 unspecified atom stereocenters. The fraction of sp³-hybridized carbons (Fsp3) is 0.333. The Hall–Kier alpha value is -2.08. The van der Waals surface area contributed by atoms with Gasteiger partial charge in [0.05, 0.1) is 5.56 Å². The van der Waals surface area contributed by atoms with Crippen molar-refractivity contribution in [3.8, 4) is 23.0 Å². The van der Waals surface area contributed by atoms with E-state index in [4.69, 9.17) is 9.26 Å². The van der Waals surface area contributed by atoms with Gasteiger partial charge in [0.25, 0.3) is 5.89 Å². The molecule has 2 heterocycles. The molecule has 1 aromatic heterocycles. The minimum atomic E-state index is -0.137. The van der Waals surface area contributed by atoms with Crippen LogP contribution in [0.5, 0.6) is 11.5 Å². The van der Waals surface area contributed by atoms with Crippen molar-refractivity contribution in [1.29, 1.82) is 0 Å². The summed E-state index contributed by atoms with van der Waals surface area (Å²) in [5.41, 5.74) is 0.312. The number of hydrogen-bond acceptors (Lipinski definition) is 6. The molecule has 18 heavy (non-hydrogen) atoms. The highest BCUT2D eigenvalue weighted by Gasteiger charge is 2.24. The predicted octanol–water partition coefficient (Wildman–Crippen LogP) is 2.00. The first kappa shape index (κ1) is 11.0. The van der Waals surface area contributed by atoms with Crippen molar-refractivity contribution in [3.05, 3.63) is 24.0 Å². The van der Waals surface area contributed by atoms with E-state index in [9.17, 15) is 10.2 Å². The highest BCUT2D eigenvalue weighted by Crippen LogP contribution is 2.33. The maximum absolute atomic E-state index is 9.69. The number of phenols is 2. The summed E-state index contributed by atoms with van der Waals surface area (Å²) in [6, 6.07) is 4.14. The van der Waals surface area contributed by atoms with Crippen LogP contribution >= 0.6 is 0 Å². The Morgan fingerprint density at radius 1 is 1.28 bits per heavy atom. The van der Waals surface area contributed by atoms with E-state index in [-0.39, 0.29) is 23.5 Å². The second-order valence-electron chi connectivity index (χ2n) is 4.16. The summed E-state index contributed by atoms with van der Waals surface area (Å²) in [5, 5.41) is 22.9. The molecule has 0 aliphatic carbocycles. The molecule has 1 aliphatic heterocycles. The van der Waals surface area contributed by atoms with Crippen LogP contribution in [0, 0.1) is 0 Å². The molecule has 1 atom stereocenters. The molecular weight excluding hydrogens is 236 g/mol. The lowest BCUT2D eigenvalue weighted by Gasteiger charge is -2.01. The summed E-state index contributed by atoms with van der Waals surface area (Å²) in [6.45, 7) is 0.700. The van der Waals surface area contributed by atoms with Crippen LogP contribution in [0.15, 0.2) is 22.7 Å². The third-order valence-corrected chi connectivity index (χ3v) is 2.87. The van der Waals surface area contributed by atoms with Gasteiger partial charge in [-0.3, -0.25) is 0 Å². The van der Waals surface area contributed by atoms with Crippen molar-refractivity contribution < 1.29 is 19.5 Å². The molecule has 2 N–H and O–H groups in total. The monoisotopic (exact) mass is 248 g/mol. The molecule has 0 amide bonds. The lowest BCUT2D eigenvalue weighted by Crippen LogP contribution is -1.97. The van der Waals surface area contributed by atoms with Crippen LogP contribution in [0.3, 0.4) is 0 Å². The van der Waals surface area contributed by atoms with E-state index in [0.717, 1.165) is 12.8 Å². The van der Waals surface area contributed by atoms with Gasteiger partial charge in [0, 0.05) is 6.61 Å². The van der Waals surface area contributed by atoms with Crippen LogP contribution in [0.1, 0.15) is 24.8 Å². The molecule has 1 aliphatic rings. The lowest BCUT2D eigenvalue weighted by atomic mass is 10.2. The summed E-state index contributed by atoms with van der Waals surface area (Å²) in [7, 11) is 0. The van der Waals surface area contributed by atoms with Gasteiger partial charge >= 0.3 is 0 Å². The van der Waals surface area contributed by atoms with Crippen LogP contribution in [0.4, 0.5) is 0 Å². The fourth-order valence-electron chi connectivity index (χ4n) is 1.95. The fourth-order valence-corrected chi connectivity index (χ4v) is 1.95. The van der Waals surface area contributed by atoms with Crippen molar-refractivity contribution >= 4 is 0 Å². The highest BCUT2D eigenvalue weighted by atomic mass is 16.5. The van der Waals surface area contributed by atoms with Crippen molar-refractivity contribution in [2.24, 2.45) is 0 Å². The average molecular weight is 248 g/mol. The molecule has 0 saturated carbocycles. The van der Waals surface area contributed by atoms with Gasteiger partial charge in [-0.25, -0.2) is 0 Å². The summed E-state index contributed by atoms with van der Waals surface area (Å²) < 4.78 is 10.5. The van der Waals surface area contributed by atoms with E-state index >= 15 is 0 Å². The third kappa shape index (κ3) is 1.91. The normalized spacial score (nSPS) is 19.2. The molecule has 6 heteroatoms. The van der Waals surface area contributed by atoms with Crippen LogP contribution in [0.25, 0.3) is 11.5 Å². The number of rotatable bonds is 2. The minimum Gasteiger partial charge on any atom is -0.508 e. The van der Waals surface area contributed by atoms with Crippen molar-refractivity contribution in [3.63, 3.8) is 0 Å². The zero-order valence-electron chi connectivity index (χ0n) is 9.54. The summed E-state index contributed by atoms with van der Waals surface area (Å²) >= 11 is 0. The Bertz CT molecular complexity index is 561. The smallest absolute Gasteiger partial charge is 0.261 e. The van der Waals surface area contributed by atoms with Gasteiger partial charge in [-0.05, 0) is 31.0 Å². The molecule has 2 aromatic rings. The first-order valence-corrected chi connectivity index (χ1v) is 5.71. The number of nitrogens with zero attached hydrogens (tertiary/aromatic N) is 2. The van der Waals surface area contributed by atoms with Gasteiger partial charge < -0.3 is 19.5 Å². The van der Waals surface area contributed by atoms with Crippen LogP contribution in [0.2, 0.25) is 0 Å². The maximum Gasteiger partial charge on any atom is 0.261 e. The molecule has 6 nitrogen and oxygen atoms in total. The van der Waals surface area contributed by atoms with Gasteiger partial charge in [0.2, 0.25) is 5.82 Å². The van der Waals surface area contributed by atoms with Crippen LogP contribution in [-0.4, -0.2) is 27.0 Å². The summed E-state index contributed by atoms with van der Waals surface area (Å²) in [6.07, 6.45) is 1.71.